The summed E-state index contributed by atoms with van der Waals surface area (Å²) in [6.45, 7) is 0. The Morgan fingerprint density at radius 1 is 1.47 bits per heavy atom. The zero-order chi connectivity index (χ0) is 11.6. The van der Waals surface area contributed by atoms with Gasteiger partial charge >= 0.3 is 12.3 Å². The fraction of sp³-hybridized carbons (Fsp3) is 0.125. The standard InChI is InChI=1S/C8H4BrCl2FO3/c9-3-1-5(11)6(2-4(3)10)15-7(12)8(13)14/h1-2,7H,(H,13,14). The molecular formula is C8H4BrCl2FO3. The maximum Gasteiger partial charge on any atom is 0.378 e. The lowest BCUT2D eigenvalue weighted by molar-refractivity contribution is -0.153. The summed E-state index contributed by atoms with van der Waals surface area (Å²) in [5.41, 5.74) is 0. The van der Waals surface area contributed by atoms with Crippen LogP contribution in [0.5, 0.6) is 5.75 Å². The molecule has 0 aromatic heterocycles. The zero-order valence-corrected chi connectivity index (χ0v) is 10.1. The molecule has 0 amide bonds. The topological polar surface area (TPSA) is 46.5 Å². The molecule has 1 rings (SSSR count). The number of hydrogen-bond acceptors (Lipinski definition) is 2. The monoisotopic (exact) mass is 316 g/mol. The zero-order valence-electron chi connectivity index (χ0n) is 7.01. The summed E-state index contributed by atoms with van der Waals surface area (Å²) in [7, 11) is 0. The van der Waals surface area contributed by atoms with Crippen LogP contribution in [0.2, 0.25) is 10.0 Å². The number of rotatable bonds is 3. The molecular weight excluding hydrogens is 314 g/mol. The predicted octanol–water partition coefficient (Wildman–Crippen LogP) is 3.51. The van der Waals surface area contributed by atoms with E-state index in [2.05, 4.69) is 20.7 Å². The molecule has 0 heterocycles. The predicted molar refractivity (Wildman–Crippen MR) is 57.3 cm³/mol. The maximum atomic E-state index is 12.7. The number of aliphatic carboxylic acids is 1. The molecule has 1 aromatic rings. The molecule has 0 saturated heterocycles. The molecule has 0 fully saturated rings. The Morgan fingerprint density at radius 2 is 2.07 bits per heavy atom. The van der Waals surface area contributed by atoms with Gasteiger partial charge in [0.25, 0.3) is 0 Å². The highest BCUT2D eigenvalue weighted by Gasteiger charge is 2.19. The molecule has 0 aliphatic rings. The molecule has 1 N–H and O–H groups in total. The average Bonchev–Trinajstić information content (AvgIpc) is 2.13. The minimum Gasteiger partial charge on any atom is -0.476 e. The van der Waals surface area contributed by atoms with Gasteiger partial charge in [-0.3, -0.25) is 0 Å². The van der Waals surface area contributed by atoms with Crippen LogP contribution in [-0.4, -0.2) is 17.4 Å². The largest absolute Gasteiger partial charge is 0.476 e. The van der Waals surface area contributed by atoms with Crippen LogP contribution in [0.1, 0.15) is 0 Å². The number of carboxylic acid groups (broad SMARTS) is 1. The number of carboxylic acids is 1. The number of carbonyl (C=O) groups is 1. The van der Waals surface area contributed by atoms with Gasteiger partial charge in [0.2, 0.25) is 0 Å². The fourth-order valence-corrected chi connectivity index (χ4v) is 1.59. The third-order valence-electron chi connectivity index (χ3n) is 1.40. The van der Waals surface area contributed by atoms with E-state index in [4.69, 9.17) is 28.3 Å². The van der Waals surface area contributed by atoms with Crippen molar-refractivity contribution < 1.29 is 19.0 Å². The quantitative estimate of drug-likeness (QED) is 0.868. The highest BCUT2D eigenvalue weighted by molar-refractivity contribution is 9.10. The van der Waals surface area contributed by atoms with Crippen LogP contribution in [0.15, 0.2) is 16.6 Å². The van der Waals surface area contributed by atoms with E-state index in [1.165, 1.54) is 12.1 Å². The van der Waals surface area contributed by atoms with Crippen LogP contribution < -0.4 is 4.74 Å². The van der Waals surface area contributed by atoms with Crippen molar-refractivity contribution in [2.75, 3.05) is 0 Å². The second kappa shape index (κ2) is 5.01. The Hall–Kier alpha value is -0.520. The summed E-state index contributed by atoms with van der Waals surface area (Å²) in [6.07, 6.45) is -2.47. The average molecular weight is 318 g/mol. The molecule has 0 bridgehead atoms. The Morgan fingerprint density at radius 3 is 2.60 bits per heavy atom. The fourth-order valence-electron chi connectivity index (χ4n) is 0.757. The van der Waals surface area contributed by atoms with E-state index in [9.17, 15) is 9.18 Å². The highest BCUT2D eigenvalue weighted by atomic mass is 79.9. The van der Waals surface area contributed by atoms with Gasteiger partial charge in [-0.1, -0.05) is 23.2 Å². The van der Waals surface area contributed by atoms with Gasteiger partial charge in [-0.2, -0.15) is 4.39 Å². The Balaban J connectivity index is 2.95. The number of hydrogen-bond donors (Lipinski definition) is 1. The first kappa shape index (κ1) is 12.5. The van der Waals surface area contributed by atoms with Gasteiger partial charge in [0.05, 0.1) is 10.0 Å². The van der Waals surface area contributed by atoms with Gasteiger partial charge in [0.1, 0.15) is 5.75 Å². The van der Waals surface area contributed by atoms with E-state index in [0.29, 0.717) is 4.47 Å². The van der Waals surface area contributed by atoms with E-state index in [1.807, 2.05) is 0 Å². The minimum atomic E-state index is -2.47. The van der Waals surface area contributed by atoms with Gasteiger partial charge in [-0.05, 0) is 22.0 Å². The van der Waals surface area contributed by atoms with E-state index >= 15 is 0 Å². The molecule has 0 saturated carbocycles. The van der Waals surface area contributed by atoms with Crippen LogP contribution in [0.3, 0.4) is 0 Å². The highest BCUT2D eigenvalue weighted by Crippen LogP contribution is 2.34. The van der Waals surface area contributed by atoms with Crippen LogP contribution in [0.4, 0.5) is 4.39 Å². The summed E-state index contributed by atoms with van der Waals surface area (Å²) >= 11 is 14.5. The number of alkyl halides is 1. The summed E-state index contributed by atoms with van der Waals surface area (Å²) in [4.78, 5) is 10.2. The smallest absolute Gasteiger partial charge is 0.378 e. The van der Waals surface area contributed by atoms with Gasteiger partial charge in [-0.15, -0.1) is 0 Å². The van der Waals surface area contributed by atoms with E-state index < -0.39 is 12.3 Å². The lowest BCUT2D eigenvalue weighted by Gasteiger charge is -2.09. The molecule has 0 spiro atoms. The van der Waals surface area contributed by atoms with E-state index in [1.54, 1.807) is 0 Å². The first-order valence-electron chi connectivity index (χ1n) is 3.60. The van der Waals surface area contributed by atoms with Crippen LogP contribution in [-0.2, 0) is 4.79 Å². The Labute approximate surface area is 103 Å². The van der Waals surface area contributed by atoms with Crippen molar-refractivity contribution in [3.63, 3.8) is 0 Å². The second-order valence-corrected chi connectivity index (χ2v) is 4.14. The number of ether oxygens (including phenoxy) is 1. The molecule has 0 aliphatic carbocycles. The van der Waals surface area contributed by atoms with Gasteiger partial charge in [0.15, 0.2) is 0 Å². The normalized spacial score (nSPS) is 12.3. The summed E-state index contributed by atoms with van der Waals surface area (Å²) in [5, 5.41) is 8.58. The summed E-state index contributed by atoms with van der Waals surface area (Å²) < 4.78 is 17.6. The van der Waals surface area contributed by atoms with Crippen molar-refractivity contribution in [2.45, 2.75) is 6.36 Å². The number of halogens is 4. The molecule has 15 heavy (non-hydrogen) atoms. The SMILES string of the molecule is O=C(O)C(F)Oc1cc(Cl)c(Br)cc1Cl. The molecule has 7 heteroatoms. The second-order valence-electron chi connectivity index (χ2n) is 2.47. The molecule has 1 atom stereocenters. The van der Waals surface area contributed by atoms with Gasteiger partial charge in [0, 0.05) is 10.5 Å². The first-order chi connectivity index (χ1) is 6.91. The van der Waals surface area contributed by atoms with Crippen molar-refractivity contribution in [3.05, 3.63) is 26.7 Å². The van der Waals surface area contributed by atoms with E-state index in [0.717, 1.165) is 0 Å². The third kappa shape index (κ3) is 3.22. The summed E-state index contributed by atoms with van der Waals surface area (Å²) in [6, 6.07) is 2.61. The lowest BCUT2D eigenvalue weighted by atomic mass is 10.3. The molecule has 0 aliphatic heterocycles. The van der Waals surface area contributed by atoms with Crippen LogP contribution in [0, 0.1) is 0 Å². The number of benzene rings is 1. The van der Waals surface area contributed by atoms with E-state index in [-0.39, 0.29) is 15.8 Å². The van der Waals surface area contributed by atoms with Gasteiger partial charge < -0.3 is 9.84 Å². The van der Waals surface area contributed by atoms with Crippen molar-refractivity contribution in [3.8, 4) is 5.75 Å². The van der Waals surface area contributed by atoms with Crippen molar-refractivity contribution in [1.82, 2.24) is 0 Å². The van der Waals surface area contributed by atoms with Crippen molar-refractivity contribution in [1.29, 1.82) is 0 Å². The molecule has 3 nitrogen and oxygen atoms in total. The minimum absolute atomic E-state index is 0.0650. The van der Waals surface area contributed by atoms with Crippen molar-refractivity contribution in [2.24, 2.45) is 0 Å². The van der Waals surface area contributed by atoms with Crippen LogP contribution in [0.25, 0.3) is 0 Å². The Bertz CT molecular complexity index is 400. The molecule has 1 unspecified atom stereocenters. The third-order valence-corrected chi connectivity index (χ3v) is 2.89. The summed E-state index contributed by atoms with van der Waals surface area (Å²) in [5.74, 6) is -1.86. The molecule has 0 radical (unpaired) electrons. The Kier molecular flexibility index (Phi) is 4.19. The van der Waals surface area contributed by atoms with Crippen LogP contribution >= 0.6 is 39.1 Å². The molecule has 82 valence electrons. The lowest BCUT2D eigenvalue weighted by Crippen LogP contribution is -2.21. The first-order valence-corrected chi connectivity index (χ1v) is 5.15. The maximum absolute atomic E-state index is 12.7. The van der Waals surface area contributed by atoms with Gasteiger partial charge in [-0.25, -0.2) is 4.79 Å². The molecule has 1 aromatic carbocycles. The van der Waals surface area contributed by atoms with Crippen molar-refractivity contribution >= 4 is 45.1 Å².